The highest BCUT2D eigenvalue weighted by atomic mass is 16.3. The fourth-order valence-electron chi connectivity index (χ4n) is 2.29. The topological polar surface area (TPSA) is 122 Å². The minimum absolute atomic E-state index is 0.169. The van der Waals surface area contributed by atoms with E-state index >= 15 is 0 Å². The van der Waals surface area contributed by atoms with Gasteiger partial charge in [-0.25, -0.2) is 0 Å². The van der Waals surface area contributed by atoms with E-state index < -0.39 is 17.7 Å². The number of aromatic nitrogens is 1. The van der Waals surface area contributed by atoms with Crippen LogP contribution in [0.4, 0.5) is 5.69 Å². The van der Waals surface area contributed by atoms with Gasteiger partial charge in [0.05, 0.1) is 6.26 Å². The molecule has 3 amide bonds. The quantitative estimate of drug-likeness (QED) is 0.573. The molecule has 2 heterocycles. The zero-order valence-corrected chi connectivity index (χ0v) is 14.5. The minimum atomic E-state index is -0.552. The highest BCUT2D eigenvalue weighted by Gasteiger charge is 2.11. The number of pyridine rings is 1. The van der Waals surface area contributed by atoms with Gasteiger partial charge in [-0.3, -0.25) is 30.0 Å². The lowest BCUT2D eigenvalue weighted by Gasteiger charge is -2.09. The molecular weight excluding hydrogens is 364 g/mol. The van der Waals surface area contributed by atoms with E-state index in [1.807, 2.05) is 0 Å². The number of hydrazine groups is 1. The minimum Gasteiger partial charge on any atom is -0.459 e. The van der Waals surface area contributed by atoms with Crippen LogP contribution >= 0.6 is 0 Å². The van der Waals surface area contributed by atoms with Crippen molar-refractivity contribution < 1.29 is 18.8 Å². The van der Waals surface area contributed by atoms with Gasteiger partial charge < -0.3 is 14.3 Å². The second-order valence-corrected chi connectivity index (χ2v) is 5.68. The summed E-state index contributed by atoms with van der Waals surface area (Å²) in [5, 5.41) is 2.63. The molecule has 9 heteroatoms. The molecule has 0 radical (unpaired) electrons. The van der Waals surface area contributed by atoms with Gasteiger partial charge in [0, 0.05) is 23.5 Å². The summed E-state index contributed by atoms with van der Waals surface area (Å²) in [6, 6.07) is 13.7. The highest BCUT2D eigenvalue weighted by Crippen LogP contribution is 2.11. The average Bonchev–Trinajstić information content (AvgIpc) is 3.23. The second kappa shape index (κ2) is 8.49. The SMILES string of the molecule is O=C(Cn1ccccc1=O)NNC(=O)c1ccc(NC(=O)c2ccco2)cc1. The molecule has 0 saturated heterocycles. The zero-order valence-electron chi connectivity index (χ0n) is 14.5. The summed E-state index contributed by atoms with van der Waals surface area (Å²) in [7, 11) is 0. The smallest absolute Gasteiger partial charge is 0.291 e. The molecule has 0 unspecified atom stereocenters. The van der Waals surface area contributed by atoms with Crippen molar-refractivity contribution >= 4 is 23.4 Å². The molecule has 0 spiro atoms. The normalized spacial score (nSPS) is 10.1. The maximum absolute atomic E-state index is 12.1. The largest absolute Gasteiger partial charge is 0.459 e. The fraction of sp³-hybridized carbons (Fsp3) is 0.0526. The van der Waals surface area contributed by atoms with E-state index in [-0.39, 0.29) is 23.4 Å². The summed E-state index contributed by atoms with van der Waals surface area (Å²) < 4.78 is 6.20. The number of rotatable bonds is 5. The van der Waals surface area contributed by atoms with E-state index in [0.717, 1.165) is 0 Å². The van der Waals surface area contributed by atoms with E-state index in [0.29, 0.717) is 5.69 Å². The molecule has 3 N–H and O–H groups in total. The van der Waals surface area contributed by atoms with Crippen molar-refractivity contribution in [3.05, 3.63) is 88.7 Å². The summed E-state index contributed by atoms with van der Waals surface area (Å²) in [5.74, 6) is -1.34. The van der Waals surface area contributed by atoms with Crippen molar-refractivity contribution in [1.82, 2.24) is 15.4 Å². The third kappa shape index (κ3) is 4.73. The van der Waals surface area contributed by atoms with Gasteiger partial charge >= 0.3 is 0 Å². The van der Waals surface area contributed by atoms with E-state index in [4.69, 9.17) is 4.42 Å². The number of anilines is 1. The number of benzene rings is 1. The summed E-state index contributed by atoms with van der Waals surface area (Å²) in [5.41, 5.74) is 4.93. The molecule has 0 fully saturated rings. The lowest BCUT2D eigenvalue weighted by atomic mass is 10.2. The second-order valence-electron chi connectivity index (χ2n) is 5.68. The third-order valence-corrected chi connectivity index (χ3v) is 3.68. The van der Waals surface area contributed by atoms with Crippen molar-refractivity contribution in [3.8, 4) is 0 Å². The van der Waals surface area contributed by atoms with Gasteiger partial charge in [0.25, 0.3) is 23.3 Å². The molecule has 1 aromatic carbocycles. The average molecular weight is 380 g/mol. The molecule has 0 aliphatic carbocycles. The first kappa shape index (κ1) is 18.6. The predicted octanol–water partition coefficient (Wildman–Crippen LogP) is 1.15. The monoisotopic (exact) mass is 380 g/mol. The summed E-state index contributed by atoms with van der Waals surface area (Å²) in [6.07, 6.45) is 2.87. The van der Waals surface area contributed by atoms with Crippen LogP contribution in [0.25, 0.3) is 0 Å². The maximum atomic E-state index is 12.1. The Morgan fingerprint density at radius 2 is 1.68 bits per heavy atom. The Bertz CT molecular complexity index is 1040. The number of carbonyl (C=O) groups is 3. The Balaban J connectivity index is 1.52. The molecule has 3 rings (SSSR count). The molecule has 0 saturated carbocycles. The van der Waals surface area contributed by atoms with E-state index in [9.17, 15) is 19.2 Å². The van der Waals surface area contributed by atoms with Crippen LogP contribution in [0.3, 0.4) is 0 Å². The van der Waals surface area contributed by atoms with Gasteiger partial charge in [-0.2, -0.15) is 0 Å². The van der Waals surface area contributed by atoms with Gasteiger partial charge in [0.2, 0.25) is 0 Å². The number of furan rings is 1. The van der Waals surface area contributed by atoms with Gasteiger partial charge in [0.1, 0.15) is 6.54 Å². The molecule has 0 bridgehead atoms. The van der Waals surface area contributed by atoms with Crippen LogP contribution in [-0.2, 0) is 11.3 Å². The molecule has 2 aromatic heterocycles. The van der Waals surface area contributed by atoms with Crippen molar-refractivity contribution in [2.75, 3.05) is 5.32 Å². The van der Waals surface area contributed by atoms with Crippen LogP contribution in [0.2, 0.25) is 0 Å². The highest BCUT2D eigenvalue weighted by molar-refractivity contribution is 6.02. The summed E-state index contributed by atoms with van der Waals surface area (Å²) >= 11 is 0. The standard InChI is InChI=1S/C19H16N4O5/c24-16(12-23-10-2-1-5-17(23)25)21-22-18(26)13-6-8-14(9-7-13)20-19(27)15-4-3-11-28-15/h1-11H,12H2,(H,20,27)(H,21,24)(H,22,26). The Kier molecular flexibility index (Phi) is 5.66. The van der Waals surface area contributed by atoms with Gasteiger partial charge in [-0.05, 0) is 42.5 Å². The maximum Gasteiger partial charge on any atom is 0.291 e. The molecular formula is C19H16N4O5. The zero-order chi connectivity index (χ0) is 19.9. The first-order valence-corrected chi connectivity index (χ1v) is 8.22. The van der Waals surface area contributed by atoms with Crippen LogP contribution in [0.5, 0.6) is 0 Å². The molecule has 142 valence electrons. The number of hydrogen-bond acceptors (Lipinski definition) is 5. The lowest BCUT2D eigenvalue weighted by molar-refractivity contribution is -0.122. The molecule has 0 aliphatic rings. The molecule has 9 nitrogen and oxygen atoms in total. The first-order valence-electron chi connectivity index (χ1n) is 8.22. The van der Waals surface area contributed by atoms with Crippen molar-refractivity contribution in [1.29, 1.82) is 0 Å². The van der Waals surface area contributed by atoms with Gasteiger partial charge in [-0.1, -0.05) is 6.07 Å². The van der Waals surface area contributed by atoms with Crippen LogP contribution in [0, 0.1) is 0 Å². The number of amides is 3. The Morgan fingerprint density at radius 3 is 2.36 bits per heavy atom. The Hall–Kier alpha value is -4.14. The molecule has 3 aromatic rings. The predicted molar refractivity (Wildman–Crippen MR) is 99.4 cm³/mol. The van der Waals surface area contributed by atoms with Crippen molar-refractivity contribution in [2.45, 2.75) is 6.54 Å². The van der Waals surface area contributed by atoms with Crippen LogP contribution < -0.4 is 21.7 Å². The van der Waals surface area contributed by atoms with Crippen LogP contribution in [0.1, 0.15) is 20.9 Å². The fourth-order valence-corrected chi connectivity index (χ4v) is 2.29. The molecule has 28 heavy (non-hydrogen) atoms. The molecule has 0 atom stereocenters. The number of nitrogens with zero attached hydrogens (tertiary/aromatic N) is 1. The van der Waals surface area contributed by atoms with Gasteiger partial charge in [0.15, 0.2) is 5.76 Å². The lowest BCUT2D eigenvalue weighted by Crippen LogP contribution is -2.44. The number of hydrogen-bond donors (Lipinski definition) is 3. The van der Waals surface area contributed by atoms with E-state index in [2.05, 4.69) is 16.2 Å². The van der Waals surface area contributed by atoms with Crippen LogP contribution in [0.15, 0.2) is 76.3 Å². The van der Waals surface area contributed by atoms with Crippen molar-refractivity contribution in [2.24, 2.45) is 0 Å². The van der Waals surface area contributed by atoms with E-state index in [1.165, 1.54) is 41.3 Å². The third-order valence-electron chi connectivity index (χ3n) is 3.68. The molecule has 0 aliphatic heterocycles. The Morgan fingerprint density at radius 1 is 0.893 bits per heavy atom. The summed E-state index contributed by atoms with van der Waals surface area (Å²) in [4.78, 5) is 47.4. The van der Waals surface area contributed by atoms with Crippen molar-refractivity contribution in [3.63, 3.8) is 0 Å². The van der Waals surface area contributed by atoms with E-state index in [1.54, 1.807) is 30.3 Å². The number of carbonyl (C=O) groups excluding carboxylic acids is 3. The summed E-state index contributed by atoms with van der Waals surface area (Å²) in [6.45, 7) is -0.225. The van der Waals surface area contributed by atoms with Crippen LogP contribution in [-0.4, -0.2) is 22.3 Å². The Labute approximate surface area is 158 Å². The number of nitrogens with one attached hydrogen (secondary N) is 3. The first-order chi connectivity index (χ1) is 13.5. The van der Waals surface area contributed by atoms with Gasteiger partial charge in [-0.15, -0.1) is 0 Å².